The first kappa shape index (κ1) is 11.3. The van der Waals surface area contributed by atoms with Crippen molar-refractivity contribution in [3.63, 3.8) is 0 Å². The molecule has 0 saturated heterocycles. The number of hydrogen-bond donors (Lipinski definition) is 1. The van der Waals surface area contributed by atoms with Crippen molar-refractivity contribution >= 4 is 0 Å². The van der Waals surface area contributed by atoms with Crippen molar-refractivity contribution in [2.75, 3.05) is 0 Å². The van der Waals surface area contributed by atoms with Crippen LogP contribution in [0.4, 0.5) is 0 Å². The van der Waals surface area contributed by atoms with E-state index in [2.05, 4.69) is 20.8 Å². The molecule has 2 nitrogen and oxygen atoms in total. The van der Waals surface area contributed by atoms with E-state index in [1.807, 2.05) is 12.1 Å². The summed E-state index contributed by atoms with van der Waals surface area (Å²) in [6, 6.07) is 4.08. The summed E-state index contributed by atoms with van der Waals surface area (Å²) in [6.07, 6.45) is 3.27. The maximum atomic E-state index is 6.10. The maximum absolute atomic E-state index is 6.10. The molecule has 0 amide bonds. The average molecular weight is 195 g/mol. The second kappa shape index (κ2) is 5.20. The molecule has 0 bridgehead atoms. The van der Waals surface area contributed by atoms with Gasteiger partial charge >= 0.3 is 0 Å². The van der Waals surface area contributed by atoms with Crippen molar-refractivity contribution in [3.05, 3.63) is 23.7 Å². The van der Waals surface area contributed by atoms with Gasteiger partial charge in [0, 0.05) is 6.42 Å². The van der Waals surface area contributed by atoms with Crippen molar-refractivity contribution in [1.29, 1.82) is 0 Å². The van der Waals surface area contributed by atoms with Crippen LogP contribution >= 0.6 is 0 Å². The van der Waals surface area contributed by atoms with Gasteiger partial charge in [0.2, 0.25) is 0 Å². The minimum Gasteiger partial charge on any atom is -0.464 e. The fourth-order valence-electron chi connectivity index (χ4n) is 1.68. The van der Waals surface area contributed by atoms with Crippen LogP contribution in [0.3, 0.4) is 0 Å². The highest BCUT2D eigenvalue weighted by Gasteiger charge is 2.17. The minimum atomic E-state index is 0.0512. The third-order valence-electron chi connectivity index (χ3n) is 2.72. The normalized spacial score (nSPS) is 15.4. The highest BCUT2D eigenvalue weighted by molar-refractivity contribution is 5.10. The van der Waals surface area contributed by atoms with Crippen molar-refractivity contribution < 1.29 is 4.42 Å². The lowest BCUT2D eigenvalue weighted by Gasteiger charge is -2.16. The third-order valence-corrected chi connectivity index (χ3v) is 2.72. The molecule has 0 aromatic carbocycles. The van der Waals surface area contributed by atoms with Gasteiger partial charge in [0.15, 0.2) is 0 Å². The molecule has 80 valence electrons. The molecular formula is C12H21NO. The highest BCUT2D eigenvalue weighted by atomic mass is 16.3. The van der Waals surface area contributed by atoms with Gasteiger partial charge in [-0.05, 0) is 24.5 Å². The molecule has 0 radical (unpaired) electrons. The molecule has 1 heterocycles. The molecule has 0 spiro atoms. The highest BCUT2D eigenvalue weighted by Crippen LogP contribution is 2.24. The Kier molecular flexibility index (Phi) is 4.21. The van der Waals surface area contributed by atoms with Gasteiger partial charge in [-0.1, -0.05) is 27.2 Å². The zero-order valence-electron chi connectivity index (χ0n) is 9.42. The van der Waals surface area contributed by atoms with Crippen molar-refractivity contribution in [2.24, 2.45) is 11.7 Å². The van der Waals surface area contributed by atoms with E-state index >= 15 is 0 Å². The number of furan rings is 1. The van der Waals surface area contributed by atoms with Crippen LogP contribution in [-0.2, 0) is 6.42 Å². The molecule has 2 N–H and O–H groups in total. The van der Waals surface area contributed by atoms with E-state index in [-0.39, 0.29) is 6.04 Å². The van der Waals surface area contributed by atoms with E-state index < -0.39 is 0 Å². The molecule has 1 rings (SSSR count). The summed E-state index contributed by atoms with van der Waals surface area (Å²) in [5, 5.41) is 0. The van der Waals surface area contributed by atoms with Crippen LogP contribution in [0, 0.1) is 5.92 Å². The van der Waals surface area contributed by atoms with Crippen LogP contribution in [0.25, 0.3) is 0 Å². The van der Waals surface area contributed by atoms with Crippen LogP contribution in [0.5, 0.6) is 0 Å². The summed E-state index contributed by atoms with van der Waals surface area (Å²) in [5.41, 5.74) is 6.10. The predicted molar refractivity (Wildman–Crippen MR) is 59.1 cm³/mol. The number of aryl methyl sites for hydroxylation is 1. The molecular weight excluding hydrogens is 174 g/mol. The summed E-state index contributed by atoms with van der Waals surface area (Å²) in [4.78, 5) is 0. The minimum absolute atomic E-state index is 0.0512. The Bertz CT molecular complexity index is 267. The van der Waals surface area contributed by atoms with E-state index in [0.29, 0.717) is 5.92 Å². The van der Waals surface area contributed by atoms with Gasteiger partial charge in [0.25, 0.3) is 0 Å². The summed E-state index contributed by atoms with van der Waals surface area (Å²) in [5.74, 6) is 2.46. The molecule has 0 saturated carbocycles. The number of nitrogens with two attached hydrogens (primary N) is 1. The SMILES string of the molecule is CCCC(C)C(N)c1ccc(CC)o1. The molecule has 1 aromatic heterocycles. The third kappa shape index (κ3) is 2.61. The van der Waals surface area contributed by atoms with E-state index in [1.165, 1.54) is 6.42 Å². The van der Waals surface area contributed by atoms with Gasteiger partial charge in [0.1, 0.15) is 11.5 Å². The molecule has 2 unspecified atom stereocenters. The first-order chi connectivity index (χ1) is 6.69. The van der Waals surface area contributed by atoms with Gasteiger partial charge in [0.05, 0.1) is 6.04 Å². The van der Waals surface area contributed by atoms with Gasteiger partial charge in [-0.3, -0.25) is 0 Å². The Morgan fingerprint density at radius 1 is 1.36 bits per heavy atom. The van der Waals surface area contributed by atoms with Gasteiger partial charge in [-0.25, -0.2) is 0 Å². The lowest BCUT2D eigenvalue weighted by Crippen LogP contribution is -2.18. The fourth-order valence-corrected chi connectivity index (χ4v) is 1.68. The molecule has 1 aromatic rings. The van der Waals surface area contributed by atoms with Crippen LogP contribution in [0.2, 0.25) is 0 Å². The van der Waals surface area contributed by atoms with Crippen molar-refractivity contribution in [3.8, 4) is 0 Å². The molecule has 0 fully saturated rings. The molecule has 0 aliphatic heterocycles. The summed E-state index contributed by atoms with van der Waals surface area (Å²) < 4.78 is 5.64. The zero-order chi connectivity index (χ0) is 10.6. The van der Waals surface area contributed by atoms with E-state index in [4.69, 9.17) is 10.2 Å². The van der Waals surface area contributed by atoms with Crippen LogP contribution in [-0.4, -0.2) is 0 Å². The predicted octanol–water partition coefficient (Wildman–Crippen LogP) is 3.28. The molecule has 2 atom stereocenters. The summed E-state index contributed by atoms with van der Waals surface area (Å²) in [6.45, 7) is 6.45. The Labute approximate surface area is 86.5 Å². The lowest BCUT2D eigenvalue weighted by atomic mass is 9.96. The monoisotopic (exact) mass is 195 g/mol. The maximum Gasteiger partial charge on any atom is 0.121 e. The Hall–Kier alpha value is -0.760. The van der Waals surface area contributed by atoms with Gasteiger partial charge in [-0.2, -0.15) is 0 Å². The van der Waals surface area contributed by atoms with E-state index in [0.717, 1.165) is 24.4 Å². The Morgan fingerprint density at radius 2 is 2.07 bits per heavy atom. The average Bonchev–Trinajstić information content (AvgIpc) is 2.65. The van der Waals surface area contributed by atoms with E-state index in [1.54, 1.807) is 0 Å². The fraction of sp³-hybridized carbons (Fsp3) is 0.667. The second-order valence-electron chi connectivity index (χ2n) is 3.95. The summed E-state index contributed by atoms with van der Waals surface area (Å²) >= 11 is 0. The van der Waals surface area contributed by atoms with Gasteiger partial charge < -0.3 is 10.2 Å². The Balaban J connectivity index is 2.63. The first-order valence-corrected chi connectivity index (χ1v) is 5.53. The largest absolute Gasteiger partial charge is 0.464 e. The van der Waals surface area contributed by atoms with Crippen LogP contribution < -0.4 is 5.73 Å². The van der Waals surface area contributed by atoms with Crippen molar-refractivity contribution in [2.45, 2.75) is 46.1 Å². The standard InChI is InChI=1S/C12H21NO/c1-4-6-9(3)12(13)11-8-7-10(5-2)14-11/h7-9,12H,4-6,13H2,1-3H3. The molecule has 0 aliphatic carbocycles. The quantitative estimate of drug-likeness (QED) is 0.783. The second-order valence-corrected chi connectivity index (χ2v) is 3.95. The van der Waals surface area contributed by atoms with Crippen LogP contribution in [0.15, 0.2) is 16.5 Å². The molecule has 2 heteroatoms. The number of rotatable bonds is 5. The van der Waals surface area contributed by atoms with E-state index in [9.17, 15) is 0 Å². The summed E-state index contributed by atoms with van der Waals surface area (Å²) in [7, 11) is 0. The molecule has 14 heavy (non-hydrogen) atoms. The topological polar surface area (TPSA) is 39.2 Å². The van der Waals surface area contributed by atoms with Crippen LogP contribution in [0.1, 0.15) is 51.2 Å². The van der Waals surface area contributed by atoms with Gasteiger partial charge in [-0.15, -0.1) is 0 Å². The Morgan fingerprint density at radius 3 is 2.57 bits per heavy atom. The molecule has 0 aliphatic rings. The zero-order valence-corrected chi connectivity index (χ0v) is 9.42. The lowest BCUT2D eigenvalue weighted by molar-refractivity contribution is 0.354. The smallest absolute Gasteiger partial charge is 0.121 e. The van der Waals surface area contributed by atoms with Crippen molar-refractivity contribution in [1.82, 2.24) is 0 Å². The number of hydrogen-bond acceptors (Lipinski definition) is 2. The first-order valence-electron chi connectivity index (χ1n) is 5.53.